The Kier molecular flexibility index (Phi) is 5.74. The van der Waals surface area contributed by atoms with Crippen LogP contribution >= 0.6 is 0 Å². The monoisotopic (exact) mass is 277 g/mol. The normalized spacial score (nSPS) is 12.6. The maximum absolute atomic E-state index is 12.0. The molecule has 1 N–H and O–H groups in total. The Balaban J connectivity index is 2.70. The van der Waals surface area contributed by atoms with Crippen LogP contribution < -0.4 is 5.32 Å². The Hall–Kier alpha value is -1.84. The average Bonchev–Trinajstić information content (AvgIpc) is 2.36. The third-order valence-corrected chi connectivity index (χ3v) is 2.79. The summed E-state index contributed by atoms with van der Waals surface area (Å²) in [6.07, 6.45) is 0.804. The molecular formula is C16H23NO3. The number of rotatable bonds is 5. The summed E-state index contributed by atoms with van der Waals surface area (Å²) in [4.78, 5) is 23.7. The van der Waals surface area contributed by atoms with E-state index in [-0.39, 0.29) is 11.3 Å². The summed E-state index contributed by atoms with van der Waals surface area (Å²) >= 11 is 0. The highest BCUT2D eigenvalue weighted by Crippen LogP contribution is 2.18. The molecule has 0 spiro atoms. The highest BCUT2D eigenvalue weighted by atomic mass is 16.5. The molecule has 0 aromatic heterocycles. The highest BCUT2D eigenvalue weighted by Gasteiger charge is 2.24. The third-order valence-electron chi connectivity index (χ3n) is 2.79. The van der Waals surface area contributed by atoms with Crippen molar-refractivity contribution in [1.82, 2.24) is 5.32 Å². The molecule has 1 atom stereocenters. The van der Waals surface area contributed by atoms with Gasteiger partial charge in [-0.3, -0.25) is 4.79 Å². The van der Waals surface area contributed by atoms with Crippen molar-refractivity contribution in [3.05, 3.63) is 35.9 Å². The molecule has 20 heavy (non-hydrogen) atoms. The number of nitrogens with one attached hydrogen (secondary N) is 1. The van der Waals surface area contributed by atoms with Gasteiger partial charge in [0.1, 0.15) is 6.04 Å². The van der Waals surface area contributed by atoms with Crippen LogP contribution in [0.5, 0.6) is 0 Å². The van der Waals surface area contributed by atoms with Gasteiger partial charge in [-0.05, 0) is 11.0 Å². The molecular weight excluding hydrogens is 254 g/mol. The van der Waals surface area contributed by atoms with E-state index < -0.39 is 12.0 Å². The molecule has 4 nitrogen and oxygen atoms in total. The van der Waals surface area contributed by atoms with E-state index in [1.54, 1.807) is 0 Å². The Morgan fingerprint density at radius 2 is 1.80 bits per heavy atom. The van der Waals surface area contributed by atoms with Gasteiger partial charge in [-0.25, -0.2) is 4.79 Å². The van der Waals surface area contributed by atoms with Gasteiger partial charge in [0.2, 0.25) is 5.91 Å². The maximum atomic E-state index is 12.0. The zero-order chi connectivity index (χ0) is 15.2. The topological polar surface area (TPSA) is 55.4 Å². The van der Waals surface area contributed by atoms with E-state index in [0.29, 0.717) is 12.8 Å². The van der Waals surface area contributed by atoms with E-state index in [1.807, 2.05) is 51.1 Å². The Morgan fingerprint density at radius 3 is 2.30 bits per heavy atom. The van der Waals surface area contributed by atoms with Crippen molar-refractivity contribution in [3.63, 3.8) is 0 Å². The molecule has 0 heterocycles. The van der Waals surface area contributed by atoms with Gasteiger partial charge in [0.05, 0.1) is 7.11 Å². The van der Waals surface area contributed by atoms with Crippen LogP contribution in [0.1, 0.15) is 32.8 Å². The standard InChI is InChI=1S/C16H23NO3/c1-16(2,3)11-14(18)17-13(15(19)20-4)10-12-8-6-5-7-9-12/h5-9,13H,10-11H2,1-4H3,(H,17,18)/t13-/m0/s1. The van der Waals surface area contributed by atoms with Crippen molar-refractivity contribution >= 4 is 11.9 Å². The molecule has 0 aliphatic carbocycles. The second kappa shape index (κ2) is 7.08. The summed E-state index contributed by atoms with van der Waals surface area (Å²) in [6.45, 7) is 5.95. The van der Waals surface area contributed by atoms with Crippen molar-refractivity contribution in [1.29, 1.82) is 0 Å². The zero-order valence-corrected chi connectivity index (χ0v) is 12.6. The molecule has 0 saturated carbocycles. The average molecular weight is 277 g/mol. The summed E-state index contributed by atoms with van der Waals surface area (Å²) in [5.74, 6) is -0.556. The minimum atomic E-state index is -0.641. The number of hydrogen-bond acceptors (Lipinski definition) is 3. The molecule has 1 aromatic rings. The van der Waals surface area contributed by atoms with Crippen LogP contribution in [-0.2, 0) is 20.7 Å². The third kappa shape index (κ3) is 5.87. The zero-order valence-electron chi connectivity index (χ0n) is 12.6. The predicted octanol–water partition coefficient (Wildman–Crippen LogP) is 2.32. The SMILES string of the molecule is COC(=O)[C@H](Cc1ccccc1)NC(=O)CC(C)(C)C. The smallest absolute Gasteiger partial charge is 0.328 e. The molecule has 0 saturated heterocycles. The van der Waals surface area contributed by atoms with Crippen LogP contribution in [0.4, 0.5) is 0 Å². The minimum absolute atomic E-state index is 0.114. The molecule has 4 heteroatoms. The molecule has 0 radical (unpaired) electrons. The first-order valence-electron chi connectivity index (χ1n) is 6.73. The van der Waals surface area contributed by atoms with E-state index in [9.17, 15) is 9.59 Å². The maximum Gasteiger partial charge on any atom is 0.328 e. The lowest BCUT2D eigenvalue weighted by atomic mass is 9.91. The second-order valence-electron chi connectivity index (χ2n) is 6.07. The van der Waals surface area contributed by atoms with E-state index in [4.69, 9.17) is 4.74 Å². The van der Waals surface area contributed by atoms with Gasteiger partial charge in [0.25, 0.3) is 0 Å². The quantitative estimate of drug-likeness (QED) is 0.840. The molecule has 1 amide bonds. The van der Waals surface area contributed by atoms with E-state index >= 15 is 0 Å². The lowest BCUT2D eigenvalue weighted by Gasteiger charge is -2.21. The number of esters is 1. The molecule has 1 rings (SSSR count). The van der Waals surface area contributed by atoms with E-state index in [1.165, 1.54) is 7.11 Å². The fraction of sp³-hybridized carbons (Fsp3) is 0.500. The van der Waals surface area contributed by atoms with Crippen LogP contribution in [0.15, 0.2) is 30.3 Å². The molecule has 0 aliphatic rings. The van der Waals surface area contributed by atoms with Crippen LogP contribution in [0.25, 0.3) is 0 Å². The summed E-state index contributed by atoms with van der Waals surface area (Å²) in [5, 5.41) is 2.76. The fourth-order valence-corrected chi connectivity index (χ4v) is 1.91. The molecule has 0 fully saturated rings. The number of ether oxygens (including phenoxy) is 1. The first-order chi connectivity index (χ1) is 9.31. The van der Waals surface area contributed by atoms with Crippen LogP contribution in [-0.4, -0.2) is 25.0 Å². The summed E-state index contributed by atoms with van der Waals surface area (Å²) in [6, 6.07) is 8.92. The molecule has 0 aliphatic heterocycles. The van der Waals surface area contributed by atoms with Gasteiger partial charge < -0.3 is 10.1 Å². The number of benzene rings is 1. The van der Waals surface area contributed by atoms with Gasteiger partial charge in [-0.15, -0.1) is 0 Å². The Bertz CT molecular complexity index is 449. The number of carbonyl (C=O) groups excluding carboxylic acids is 2. The highest BCUT2D eigenvalue weighted by molar-refractivity contribution is 5.84. The van der Waals surface area contributed by atoms with E-state index in [0.717, 1.165) is 5.56 Å². The van der Waals surface area contributed by atoms with Crippen molar-refractivity contribution < 1.29 is 14.3 Å². The first kappa shape index (κ1) is 16.2. The number of methoxy groups -OCH3 is 1. The lowest BCUT2D eigenvalue weighted by Crippen LogP contribution is -2.44. The van der Waals surface area contributed by atoms with Crippen molar-refractivity contribution in [2.45, 2.75) is 39.7 Å². The largest absolute Gasteiger partial charge is 0.467 e. The summed E-state index contributed by atoms with van der Waals surface area (Å²) < 4.78 is 4.76. The molecule has 1 aromatic carbocycles. The van der Waals surface area contributed by atoms with Crippen molar-refractivity contribution in [3.8, 4) is 0 Å². The summed E-state index contributed by atoms with van der Waals surface area (Å²) in [7, 11) is 1.33. The second-order valence-corrected chi connectivity index (χ2v) is 6.07. The lowest BCUT2D eigenvalue weighted by molar-refractivity contribution is -0.145. The molecule has 110 valence electrons. The van der Waals surface area contributed by atoms with Gasteiger partial charge in [-0.1, -0.05) is 51.1 Å². The Labute approximate surface area is 120 Å². The van der Waals surface area contributed by atoms with Crippen molar-refractivity contribution in [2.75, 3.05) is 7.11 Å². The van der Waals surface area contributed by atoms with Crippen LogP contribution in [0, 0.1) is 5.41 Å². The fourth-order valence-electron chi connectivity index (χ4n) is 1.91. The van der Waals surface area contributed by atoms with Gasteiger partial charge in [0, 0.05) is 12.8 Å². The van der Waals surface area contributed by atoms with Gasteiger partial charge >= 0.3 is 5.97 Å². The predicted molar refractivity (Wildman–Crippen MR) is 78.2 cm³/mol. The number of carbonyl (C=O) groups is 2. The van der Waals surface area contributed by atoms with Crippen LogP contribution in [0.3, 0.4) is 0 Å². The van der Waals surface area contributed by atoms with Crippen LogP contribution in [0.2, 0.25) is 0 Å². The molecule has 0 unspecified atom stereocenters. The minimum Gasteiger partial charge on any atom is -0.467 e. The summed E-state index contributed by atoms with van der Waals surface area (Å²) in [5.41, 5.74) is 0.872. The van der Waals surface area contributed by atoms with Gasteiger partial charge in [0.15, 0.2) is 0 Å². The first-order valence-corrected chi connectivity index (χ1v) is 6.73. The molecule has 0 bridgehead atoms. The van der Waals surface area contributed by atoms with E-state index in [2.05, 4.69) is 5.32 Å². The Morgan fingerprint density at radius 1 is 1.20 bits per heavy atom. The van der Waals surface area contributed by atoms with Crippen molar-refractivity contribution in [2.24, 2.45) is 5.41 Å². The van der Waals surface area contributed by atoms with Gasteiger partial charge in [-0.2, -0.15) is 0 Å². The number of amides is 1. The number of hydrogen-bond donors (Lipinski definition) is 1.